The smallest absolute Gasteiger partial charge is 0.0458 e. The van der Waals surface area contributed by atoms with Crippen LogP contribution in [-0.4, -0.2) is 0 Å². The second kappa shape index (κ2) is 6.12. The number of hydrogen-bond donors (Lipinski definition) is 1. The fraction of sp³-hybridized carbons (Fsp3) is 0.294. The predicted molar refractivity (Wildman–Crippen MR) is 84.0 cm³/mol. The van der Waals surface area contributed by atoms with Crippen LogP contribution in [0.15, 0.2) is 42.5 Å². The third-order valence-corrected chi connectivity index (χ3v) is 3.60. The quantitative estimate of drug-likeness (QED) is 0.788. The van der Waals surface area contributed by atoms with Crippen LogP contribution in [0.2, 0.25) is 5.02 Å². The van der Waals surface area contributed by atoms with E-state index in [4.69, 9.17) is 11.6 Å². The van der Waals surface area contributed by atoms with Gasteiger partial charge in [0.2, 0.25) is 0 Å². The largest absolute Gasteiger partial charge is 0.381 e. The van der Waals surface area contributed by atoms with Gasteiger partial charge in [-0.3, -0.25) is 0 Å². The van der Waals surface area contributed by atoms with Gasteiger partial charge in [0.15, 0.2) is 0 Å². The second-order valence-corrected chi connectivity index (χ2v) is 5.64. The summed E-state index contributed by atoms with van der Waals surface area (Å²) in [5.74, 6) is 0.546. The standard InChI is InChI=1S/C17H20ClN/c1-12(2)14-5-4-6-16(10-14)19-11-15-8-7-13(3)9-17(15)18/h4-10,12,19H,11H2,1-3H3. The normalized spacial score (nSPS) is 10.8. The molecular formula is C17H20ClN. The molecule has 0 radical (unpaired) electrons. The zero-order valence-corrected chi connectivity index (χ0v) is 12.5. The van der Waals surface area contributed by atoms with Gasteiger partial charge in [-0.05, 0) is 47.7 Å². The predicted octanol–water partition coefficient (Wildman–Crippen LogP) is 5.38. The van der Waals surface area contributed by atoms with Crippen molar-refractivity contribution >= 4 is 17.3 Å². The molecule has 2 rings (SSSR count). The number of halogens is 1. The molecule has 0 fully saturated rings. The Balaban J connectivity index is 2.08. The van der Waals surface area contributed by atoms with E-state index >= 15 is 0 Å². The van der Waals surface area contributed by atoms with Crippen molar-refractivity contribution in [2.24, 2.45) is 0 Å². The highest BCUT2D eigenvalue weighted by Gasteiger charge is 2.02. The molecule has 0 saturated carbocycles. The van der Waals surface area contributed by atoms with Crippen LogP contribution in [0.3, 0.4) is 0 Å². The molecule has 0 saturated heterocycles. The van der Waals surface area contributed by atoms with E-state index in [1.165, 1.54) is 11.1 Å². The van der Waals surface area contributed by atoms with Gasteiger partial charge in [0.25, 0.3) is 0 Å². The lowest BCUT2D eigenvalue weighted by molar-refractivity contribution is 0.866. The molecule has 2 heteroatoms. The van der Waals surface area contributed by atoms with Gasteiger partial charge in [-0.25, -0.2) is 0 Å². The van der Waals surface area contributed by atoms with Crippen molar-refractivity contribution in [3.63, 3.8) is 0 Å². The molecule has 0 atom stereocenters. The van der Waals surface area contributed by atoms with Crippen LogP contribution in [0.4, 0.5) is 5.69 Å². The minimum absolute atomic E-state index is 0.546. The second-order valence-electron chi connectivity index (χ2n) is 5.23. The number of rotatable bonds is 4. The first-order valence-electron chi connectivity index (χ1n) is 6.65. The maximum Gasteiger partial charge on any atom is 0.0458 e. The summed E-state index contributed by atoms with van der Waals surface area (Å²) in [5, 5.41) is 4.26. The van der Waals surface area contributed by atoms with E-state index in [0.717, 1.165) is 22.8 Å². The summed E-state index contributed by atoms with van der Waals surface area (Å²) in [6, 6.07) is 14.7. The Morgan fingerprint density at radius 3 is 2.58 bits per heavy atom. The summed E-state index contributed by atoms with van der Waals surface area (Å²) in [6.45, 7) is 7.21. The summed E-state index contributed by atoms with van der Waals surface area (Å²) >= 11 is 6.24. The Labute approximate surface area is 120 Å². The maximum absolute atomic E-state index is 6.24. The van der Waals surface area contributed by atoms with Crippen LogP contribution in [-0.2, 0) is 6.54 Å². The van der Waals surface area contributed by atoms with Crippen LogP contribution in [0.1, 0.15) is 36.5 Å². The lowest BCUT2D eigenvalue weighted by atomic mass is 10.0. The fourth-order valence-corrected chi connectivity index (χ4v) is 2.30. The summed E-state index contributed by atoms with van der Waals surface area (Å²) in [5.41, 5.74) is 4.81. The molecule has 0 unspecified atom stereocenters. The minimum atomic E-state index is 0.546. The molecule has 0 aliphatic rings. The summed E-state index contributed by atoms with van der Waals surface area (Å²) < 4.78 is 0. The number of benzene rings is 2. The van der Waals surface area contributed by atoms with Gasteiger partial charge in [-0.15, -0.1) is 0 Å². The first-order chi connectivity index (χ1) is 9.06. The summed E-state index contributed by atoms with van der Waals surface area (Å²) in [4.78, 5) is 0. The van der Waals surface area contributed by atoms with Crippen LogP contribution >= 0.6 is 11.6 Å². The van der Waals surface area contributed by atoms with Gasteiger partial charge < -0.3 is 5.32 Å². The number of aryl methyl sites for hydroxylation is 1. The monoisotopic (exact) mass is 273 g/mol. The SMILES string of the molecule is Cc1ccc(CNc2cccc(C(C)C)c2)c(Cl)c1. The van der Waals surface area contributed by atoms with E-state index in [-0.39, 0.29) is 0 Å². The topological polar surface area (TPSA) is 12.0 Å². The van der Waals surface area contributed by atoms with Crippen molar-refractivity contribution in [3.8, 4) is 0 Å². The van der Waals surface area contributed by atoms with Crippen LogP contribution < -0.4 is 5.32 Å². The van der Waals surface area contributed by atoms with Crippen LogP contribution in [0.25, 0.3) is 0 Å². The van der Waals surface area contributed by atoms with Crippen LogP contribution in [0, 0.1) is 6.92 Å². The molecule has 0 bridgehead atoms. The number of anilines is 1. The van der Waals surface area contributed by atoms with Crippen molar-refractivity contribution in [1.29, 1.82) is 0 Å². The van der Waals surface area contributed by atoms with Crippen molar-refractivity contribution in [3.05, 3.63) is 64.2 Å². The highest BCUT2D eigenvalue weighted by Crippen LogP contribution is 2.21. The molecule has 0 aliphatic heterocycles. The Morgan fingerprint density at radius 2 is 1.89 bits per heavy atom. The zero-order valence-electron chi connectivity index (χ0n) is 11.7. The van der Waals surface area contributed by atoms with E-state index in [1.807, 2.05) is 6.07 Å². The Morgan fingerprint density at radius 1 is 1.11 bits per heavy atom. The molecule has 19 heavy (non-hydrogen) atoms. The third kappa shape index (κ3) is 3.74. The first kappa shape index (κ1) is 14.0. The van der Waals surface area contributed by atoms with Crippen molar-refractivity contribution in [2.45, 2.75) is 33.2 Å². The fourth-order valence-electron chi connectivity index (χ4n) is 2.00. The molecular weight excluding hydrogens is 254 g/mol. The van der Waals surface area contributed by atoms with Gasteiger partial charge in [0, 0.05) is 17.3 Å². The van der Waals surface area contributed by atoms with E-state index in [0.29, 0.717) is 5.92 Å². The van der Waals surface area contributed by atoms with Gasteiger partial charge in [0.05, 0.1) is 0 Å². The van der Waals surface area contributed by atoms with Gasteiger partial charge >= 0.3 is 0 Å². The zero-order chi connectivity index (χ0) is 13.8. The average Bonchev–Trinajstić information content (AvgIpc) is 2.38. The van der Waals surface area contributed by atoms with Crippen molar-refractivity contribution < 1.29 is 0 Å². The van der Waals surface area contributed by atoms with Gasteiger partial charge in [-0.1, -0.05) is 49.7 Å². The molecule has 2 aromatic carbocycles. The van der Waals surface area contributed by atoms with Crippen LogP contribution in [0.5, 0.6) is 0 Å². The van der Waals surface area contributed by atoms with Gasteiger partial charge in [-0.2, -0.15) is 0 Å². The molecule has 2 aromatic rings. The van der Waals surface area contributed by atoms with Crippen molar-refractivity contribution in [2.75, 3.05) is 5.32 Å². The molecule has 0 spiro atoms. The lowest BCUT2D eigenvalue weighted by Gasteiger charge is -2.11. The molecule has 0 aromatic heterocycles. The van der Waals surface area contributed by atoms with E-state index in [9.17, 15) is 0 Å². The molecule has 100 valence electrons. The van der Waals surface area contributed by atoms with E-state index < -0.39 is 0 Å². The summed E-state index contributed by atoms with van der Waals surface area (Å²) in [7, 11) is 0. The molecule has 0 aliphatic carbocycles. The molecule has 1 nitrogen and oxygen atoms in total. The van der Waals surface area contributed by atoms with E-state index in [1.54, 1.807) is 0 Å². The maximum atomic E-state index is 6.24. The Kier molecular flexibility index (Phi) is 4.49. The van der Waals surface area contributed by atoms with E-state index in [2.05, 4.69) is 62.5 Å². The highest BCUT2D eigenvalue weighted by molar-refractivity contribution is 6.31. The Hall–Kier alpha value is -1.47. The Bertz CT molecular complexity index is 561. The third-order valence-electron chi connectivity index (χ3n) is 3.24. The lowest BCUT2D eigenvalue weighted by Crippen LogP contribution is -2.01. The molecule has 0 amide bonds. The van der Waals surface area contributed by atoms with Crippen molar-refractivity contribution in [1.82, 2.24) is 0 Å². The number of hydrogen-bond acceptors (Lipinski definition) is 1. The number of nitrogens with one attached hydrogen (secondary N) is 1. The summed E-state index contributed by atoms with van der Waals surface area (Å²) in [6.07, 6.45) is 0. The minimum Gasteiger partial charge on any atom is -0.381 e. The average molecular weight is 274 g/mol. The van der Waals surface area contributed by atoms with Gasteiger partial charge in [0.1, 0.15) is 0 Å². The molecule has 1 N–H and O–H groups in total. The first-order valence-corrected chi connectivity index (χ1v) is 7.03. The highest BCUT2D eigenvalue weighted by atomic mass is 35.5. The molecule has 0 heterocycles.